The van der Waals surface area contributed by atoms with Crippen molar-refractivity contribution in [2.45, 2.75) is 26.2 Å². The van der Waals surface area contributed by atoms with Crippen molar-refractivity contribution in [1.82, 2.24) is 10.2 Å². The lowest BCUT2D eigenvalue weighted by atomic mass is 9.81. The maximum absolute atomic E-state index is 10.0. The summed E-state index contributed by atoms with van der Waals surface area (Å²) in [6, 6.07) is 25.1. The lowest BCUT2D eigenvalue weighted by Gasteiger charge is -2.25. The van der Waals surface area contributed by atoms with Crippen LogP contribution in [-0.2, 0) is 6.42 Å². The summed E-state index contributed by atoms with van der Waals surface area (Å²) in [5.41, 5.74) is 11.5. The predicted molar refractivity (Wildman–Crippen MR) is 126 cm³/mol. The van der Waals surface area contributed by atoms with Crippen LogP contribution >= 0.6 is 0 Å². The Morgan fingerprint density at radius 1 is 1.06 bits per heavy atom. The van der Waals surface area contributed by atoms with Gasteiger partial charge in [0.25, 0.3) is 0 Å². The molecule has 3 aromatic carbocycles. The average molecular weight is 421 g/mol. The molecule has 5 rings (SSSR count). The van der Waals surface area contributed by atoms with Gasteiger partial charge >= 0.3 is 0 Å². The number of benzene rings is 3. The second-order valence-corrected chi connectivity index (χ2v) is 8.61. The number of allylic oxidation sites excluding steroid dienone is 1. The van der Waals surface area contributed by atoms with Gasteiger partial charge in [0.15, 0.2) is 0 Å². The van der Waals surface area contributed by atoms with Crippen LogP contribution in [0.5, 0.6) is 5.88 Å². The number of aromatic amines is 1. The SMILES string of the molecule is CC(C)Cc1ccc(-c2[nH]nc3c2C(c2cccc4ccccc24)C(C#N)=C(N)O3)cc1. The lowest BCUT2D eigenvalue weighted by molar-refractivity contribution is 0.379. The molecule has 0 amide bonds. The van der Waals surface area contributed by atoms with Crippen molar-refractivity contribution in [3.05, 3.63) is 94.9 Å². The van der Waals surface area contributed by atoms with Crippen molar-refractivity contribution >= 4 is 10.8 Å². The molecule has 2 heterocycles. The van der Waals surface area contributed by atoms with Gasteiger partial charge in [-0.2, -0.15) is 5.26 Å². The molecule has 1 unspecified atom stereocenters. The third kappa shape index (κ3) is 3.30. The first kappa shape index (κ1) is 19.9. The number of nitrogens with one attached hydrogen (secondary N) is 1. The number of fused-ring (bicyclic) bond motifs is 2. The maximum Gasteiger partial charge on any atom is 0.244 e. The van der Waals surface area contributed by atoms with Crippen molar-refractivity contribution in [2.75, 3.05) is 0 Å². The van der Waals surface area contributed by atoms with E-state index in [1.807, 2.05) is 18.2 Å². The standard InChI is InChI=1S/C27H24N4O/c1-16(2)14-17-10-12-19(13-11-17)25-24-23(22(15-28)26(29)32-27(24)31-30-25)21-9-5-7-18-6-3-4-8-20(18)21/h3-13,16,23H,14,29H2,1-2H3,(H,30,31). The minimum Gasteiger partial charge on any atom is -0.420 e. The van der Waals surface area contributed by atoms with Gasteiger partial charge in [0, 0.05) is 5.56 Å². The molecule has 4 aromatic rings. The Hall–Kier alpha value is -4.04. The minimum absolute atomic E-state index is 0.100. The van der Waals surface area contributed by atoms with E-state index in [2.05, 4.69) is 78.6 Å². The number of rotatable bonds is 4. The Labute approximate surface area is 187 Å². The smallest absolute Gasteiger partial charge is 0.244 e. The van der Waals surface area contributed by atoms with Gasteiger partial charge in [-0.05, 0) is 34.2 Å². The first-order valence-corrected chi connectivity index (χ1v) is 10.8. The number of nitrogens with two attached hydrogens (primary N) is 1. The summed E-state index contributed by atoms with van der Waals surface area (Å²) >= 11 is 0. The van der Waals surface area contributed by atoms with E-state index in [9.17, 15) is 5.26 Å². The number of hydrogen-bond donors (Lipinski definition) is 2. The van der Waals surface area contributed by atoms with Crippen molar-refractivity contribution < 1.29 is 4.74 Å². The molecule has 0 fully saturated rings. The second kappa shape index (κ2) is 7.90. The zero-order valence-corrected chi connectivity index (χ0v) is 18.1. The Balaban J connectivity index is 1.70. The average Bonchev–Trinajstić information content (AvgIpc) is 3.21. The number of nitrogens with zero attached hydrogens (tertiary/aromatic N) is 2. The molecule has 0 aliphatic carbocycles. The predicted octanol–water partition coefficient (Wildman–Crippen LogP) is 5.65. The van der Waals surface area contributed by atoms with Crippen LogP contribution in [0.3, 0.4) is 0 Å². The van der Waals surface area contributed by atoms with Crippen LogP contribution < -0.4 is 10.5 Å². The van der Waals surface area contributed by atoms with Crippen LogP contribution in [0.15, 0.2) is 78.2 Å². The van der Waals surface area contributed by atoms with Crippen molar-refractivity contribution in [2.24, 2.45) is 11.7 Å². The van der Waals surface area contributed by atoms with Crippen LogP contribution in [0.4, 0.5) is 0 Å². The highest BCUT2D eigenvalue weighted by Gasteiger charge is 2.36. The fourth-order valence-electron chi connectivity index (χ4n) is 4.56. The molecule has 1 atom stereocenters. The largest absolute Gasteiger partial charge is 0.420 e. The molecular weight excluding hydrogens is 396 g/mol. The van der Waals surface area contributed by atoms with Gasteiger partial charge in [-0.25, -0.2) is 0 Å². The van der Waals surface area contributed by atoms with Crippen molar-refractivity contribution in [1.29, 1.82) is 5.26 Å². The minimum atomic E-state index is -0.376. The molecule has 5 nitrogen and oxygen atoms in total. The molecule has 0 saturated carbocycles. The van der Waals surface area contributed by atoms with Crippen LogP contribution in [0.1, 0.15) is 36.5 Å². The van der Waals surface area contributed by atoms with E-state index >= 15 is 0 Å². The van der Waals surface area contributed by atoms with Crippen LogP contribution in [-0.4, -0.2) is 10.2 Å². The number of hydrogen-bond acceptors (Lipinski definition) is 4. The van der Waals surface area contributed by atoms with E-state index < -0.39 is 0 Å². The van der Waals surface area contributed by atoms with E-state index in [1.54, 1.807) is 0 Å². The highest BCUT2D eigenvalue weighted by Crippen LogP contribution is 2.47. The molecule has 32 heavy (non-hydrogen) atoms. The molecule has 1 aliphatic heterocycles. The highest BCUT2D eigenvalue weighted by molar-refractivity contribution is 5.88. The van der Waals surface area contributed by atoms with Crippen LogP contribution in [0.25, 0.3) is 22.0 Å². The van der Waals surface area contributed by atoms with Gasteiger partial charge in [0.2, 0.25) is 11.8 Å². The van der Waals surface area contributed by atoms with E-state index in [0.717, 1.165) is 39.6 Å². The Bertz CT molecular complexity index is 1370. The van der Waals surface area contributed by atoms with E-state index in [-0.39, 0.29) is 11.8 Å². The summed E-state index contributed by atoms with van der Waals surface area (Å²) in [5.74, 6) is 0.735. The summed E-state index contributed by atoms with van der Waals surface area (Å²) in [4.78, 5) is 0. The van der Waals surface area contributed by atoms with Gasteiger partial charge in [-0.15, -0.1) is 5.10 Å². The Kier molecular flexibility index (Phi) is 4.91. The summed E-state index contributed by atoms with van der Waals surface area (Å²) in [6.07, 6.45) is 1.03. The van der Waals surface area contributed by atoms with Gasteiger partial charge in [0.1, 0.15) is 11.6 Å². The summed E-state index contributed by atoms with van der Waals surface area (Å²) in [6.45, 7) is 4.43. The van der Waals surface area contributed by atoms with Gasteiger partial charge in [-0.1, -0.05) is 80.6 Å². The molecule has 5 heteroatoms. The summed E-state index contributed by atoms with van der Waals surface area (Å²) in [5, 5.41) is 19.7. The lowest BCUT2D eigenvalue weighted by Crippen LogP contribution is -2.21. The zero-order valence-electron chi connectivity index (χ0n) is 18.1. The number of ether oxygens (including phenoxy) is 1. The summed E-state index contributed by atoms with van der Waals surface area (Å²) < 4.78 is 5.77. The molecule has 0 saturated heterocycles. The van der Waals surface area contributed by atoms with Crippen molar-refractivity contribution in [3.63, 3.8) is 0 Å². The fraction of sp³-hybridized carbons (Fsp3) is 0.185. The number of H-pyrrole nitrogens is 1. The first-order chi connectivity index (χ1) is 15.6. The van der Waals surface area contributed by atoms with Gasteiger partial charge < -0.3 is 10.5 Å². The quantitative estimate of drug-likeness (QED) is 0.447. The van der Waals surface area contributed by atoms with E-state index in [0.29, 0.717) is 17.4 Å². The number of aromatic nitrogens is 2. The molecule has 158 valence electrons. The Morgan fingerprint density at radius 3 is 2.56 bits per heavy atom. The first-order valence-electron chi connectivity index (χ1n) is 10.8. The van der Waals surface area contributed by atoms with Crippen LogP contribution in [0, 0.1) is 17.2 Å². The molecule has 3 N–H and O–H groups in total. The second-order valence-electron chi connectivity index (χ2n) is 8.61. The fourth-order valence-corrected chi connectivity index (χ4v) is 4.56. The zero-order chi connectivity index (χ0) is 22.2. The summed E-state index contributed by atoms with van der Waals surface area (Å²) in [7, 11) is 0. The number of nitriles is 1. The van der Waals surface area contributed by atoms with E-state index in [4.69, 9.17) is 10.5 Å². The van der Waals surface area contributed by atoms with Gasteiger partial charge in [-0.3, -0.25) is 5.10 Å². The molecule has 0 bridgehead atoms. The molecule has 1 aromatic heterocycles. The molecular formula is C27H24N4O. The molecule has 0 radical (unpaired) electrons. The van der Waals surface area contributed by atoms with Crippen LogP contribution in [0.2, 0.25) is 0 Å². The monoisotopic (exact) mass is 420 g/mol. The molecule has 0 spiro atoms. The highest BCUT2D eigenvalue weighted by atomic mass is 16.5. The normalized spacial score (nSPS) is 15.5. The third-order valence-electron chi connectivity index (χ3n) is 5.96. The maximum atomic E-state index is 10.0. The Morgan fingerprint density at radius 2 is 1.81 bits per heavy atom. The topological polar surface area (TPSA) is 87.7 Å². The van der Waals surface area contributed by atoms with Crippen molar-refractivity contribution in [3.8, 4) is 23.2 Å². The van der Waals surface area contributed by atoms with Gasteiger partial charge in [0.05, 0.1) is 17.2 Å². The van der Waals surface area contributed by atoms with E-state index in [1.165, 1.54) is 5.56 Å². The third-order valence-corrected chi connectivity index (χ3v) is 5.96. The molecule has 1 aliphatic rings.